The highest BCUT2D eigenvalue weighted by atomic mass is 35.5. The third-order valence-corrected chi connectivity index (χ3v) is 3.92. The van der Waals surface area contributed by atoms with E-state index >= 15 is 0 Å². The molecule has 1 aliphatic carbocycles. The zero-order chi connectivity index (χ0) is 10.8. The average molecular weight is 247 g/mol. The molecule has 1 heterocycles. The molecule has 1 unspecified atom stereocenters. The van der Waals surface area contributed by atoms with E-state index in [1.165, 1.54) is 38.5 Å². The van der Waals surface area contributed by atoms with E-state index < -0.39 is 0 Å². The number of carbonyl (C=O) groups is 1. The molecule has 0 aromatic carbocycles. The number of amides is 1. The van der Waals surface area contributed by atoms with Crippen LogP contribution in [0.5, 0.6) is 0 Å². The highest BCUT2D eigenvalue weighted by molar-refractivity contribution is 5.85. The molecule has 0 radical (unpaired) electrons. The number of nitrogens with zero attached hydrogens (tertiary/aromatic N) is 1. The molecule has 1 aliphatic heterocycles. The topological polar surface area (TPSA) is 46.3 Å². The standard InChI is InChI=1S/C12H22N2O.ClH/c1-9(13)12(15)14-8-4-7-11(14)10-5-2-3-6-10;/h9-11H,2-8,13H2,1H3;1H/t9-,11?;/m1./s1. The maximum atomic E-state index is 11.9. The largest absolute Gasteiger partial charge is 0.338 e. The summed E-state index contributed by atoms with van der Waals surface area (Å²) in [5.74, 6) is 0.916. The van der Waals surface area contributed by atoms with Crippen molar-refractivity contribution in [3.63, 3.8) is 0 Å². The van der Waals surface area contributed by atoms with Crippen LogP contribution in [0.2, 0.25) is 0 Å². The van der Waals surface area contributed by atoms with E-state index in [1.807, 2.05) is 0 Å². The molecule has 2 N–H and O–H groups in total. The number of hydrogen-bond acceptors (Lipinski definition) is 2. The Bertz CT molecular complexity index is 239. The van der Waals surface area contributed by atoms with Crippen LogP contribution in [0.25, 0.3) is 0 Å². The number of carbonyl (C=O) groups excluding carboxylic acids is 1. The Morgan fingerprint density at radius 1 is 1.25 bits per heavy atom. The van der Waals surface area contributed by atoms with Crippen molar-refractivity contribution in [3.8, 4) is 0 Å². The minimum atomic E-state index is -0.327. The monoisotopic (exact) mass is 246 g/mol. The van der Waals surface area contributed by atoms with Gasteiger partial charge in [0, 0.05) is 12.6 Å². The maximum Gasteiger partial charge on any atom is 0.239 e. The highest BCUT2D eigenvalue weighted by Crippen LogP contribution is 2.35. The minimum absolute atomic E-state index is 0. The summed E-state index contributed by atoms with van der Waals surface area (Å²) in [6.07, 6.45) is 7.69. The zero-order valence-corrected chi connectivity index (χ0v) is 10.8. The molecular formula is C12H23ClN2O. The van der Waals surface area contributed by atoms with Gasteiger partial charge in [0.2, 0.25) is 5.91 Å². The zero-order valence-electron chi connectivity index (χ0n) is 10.0. The van der Waals surface area contributed by atoms with Gasteiger partial charge < -0.3 is 10.6 Å². The first kappa shape index (κ1) is 13.8. The minimum Gasteiger partial charge on any atom is -0.338 e. The number of rotatable bonds is 2. The normalized spacial score (nSPS) is 27.9. The lowest BCUT2D eigenvalue weighted by molar-refractivity contribution is -0.133. The van der Waals surface area contributed by atoms with Gasteiger partial charge in [-0.2, -0.15) is 0 Å². The summed E-state index contributed by atoms with van der Waals surface area (Å²) < 4.78 is 0. The second kappa shape index (κ2) is 5.87. The Hall–Kier alpha value is -0.280. The van der Waals surface area contributed by atoms with E-state index in [9.17, 15) is 4.79 Å². The molecule has 0 spiro atoms. The summed E-state index contributed by atoms with van der Waals surface area (Å²) in [6.45, 7) is 2.73. The lowest BCUT2D eigenvalue weighted by Crippen LogP contribution is -2.46. The lowest BCUT2D eigenvalue weighted by atomic mass is 9.96. The van der Waals surface area contributed by atoms with Crippen LogP contribution in [0, 0.1) is 5.92 Å². The number of hydrogen-bond donors (Lipinski definition) is 1. The molecule has 0 aromatic rings. The Morgan fingerprint density at radius 3 is 2.44 bits per heavy atom. The van der Waals surface area contributed by atoms with E-state index in [1.54, 1.807) is 6.92 Å². The first-order chi connectivity index (χ1) is 7.20. The third kappa shape index (κ3) is 2.69. The quantitative estimate of drug-likeness (QED) is 0.810. The molecule has 0 bridgehead atoms. The fraction of sp³-hybridized carbons (Fsp3) is 0.917. The van der Waals surface area contributed by atoms with Crippen LogP contribution in [0.3, 0.4) is 0 Å². The van der Waals surface area contributed by atoms with Gasteiger partial charge in [0.15, 0.2) is 0 Å². The van der Waals surface area contributed by atoms with Crippen molar-refractivity contribution in [2.45, 2.75) is 57.5 Å². The molecule has 94 valence electrons. The van der Waals surface area contributed by atoms with Crippen LogP contribution in [-0.4, -0.2) is 29.4 Å². The predicted molar refractivity (Wildman–Crippen MR) is 67.6 cm³/mol. The number of halogens is 1. The van der Waals surface area contributed by atoms with Crippen LogP contribution >= 0.6 is 12.4 Å². The molecule has 2 aliphatic rings. The lowest BCUT2D eigenvalue weighted by Gasteiger charge is -2.30. The van der Waals surface area contributed by atoms with Crippen LogP contribution in [0.4, 0.5) is 0 Å². The maximum absolute atomic E-state index is 11.9. The smallest absolute Gasteiger partial charge is 0.239 e. The summed E-state index contributed by atoms with van der Waals surface area (Å²) in [5.41, 5.74) is 5.69. The molecule has 3 nitrogen and oxygen atoms in total. The molecule has 4 heteroatoms. The van der Waals surface area contributed by atoms with Gasteiger partial charge in [0.1, 0.15) is 0 Å². The van der Waals surface area contributed by atoms with Gasteiger partial charge in [0.05, 0.1) is 6.04 Å². The first-order valence-corrected chi connectivity index (χ1v) is 6.26. The van der Waals surface area contributed by atoms with E-state index in [2.05, 4.69) is 4.90 Å². The van der Waals surface area contributed by atoms with E-state index in [-0.39, 0.29) is 24.4 Å². The van der Waals surface area contributed by atoms with Crippen molar-refractivity contribution in [1.82, 2.24) is 4.90 Å². The SMILES string of the molecule is C[C@@H](N)C(=O)N1CCCC1C1CCCC1.Cl. The van der Waals surface area contributed by atoms with Crippen molar-refractivity contribution >= 4 is 18.3 Å². The molecule has 2 fully saturated rings. The number of nitrogens with two attached hydrogens (primary N) is 1. The molecular weight excluding hydrogens is 224 g/mol. The van der Waals surface area contributed by atoms with E-state index in [0.717, 1.165) is 12.5 Å². The van der Waals surface area contributed by atoms with Gasteiger partial charge in [-0.1, -0.05) is 12.8 Å². The Kier molecular flexibility index (Phi) is 5.06. The van der Waals surface area contributed by atoms with Gasteiger partial charge in [-0.3, -0.25) is 4.79 Å². The summed E-state index contributed by atoms with van der Waals surface area (Å²) in [7, 11) is 0. The molecule has 16 heavy (non-hydrogen) atoms. The van der Waals surface area contributed by atoms with E-state index in [0.29, 0.717) is 6.04 Å². The predicted octanol–water partition coefficient (Wildman–Crippen LogP) is 1.94. The van der Waals surface area contributed by atoms with Gasteiger partial charge in [-0.15, -0.1) is 12.4 Å². The molecule has 2 atom stereocenters. The Morgan fingerprint density at radius 2 is 1.88 bits per heavy atom. The Balaban J connectivity index is 0.00000128. The third-order valence-electron chi connectivity index (χ3n) is 3.92. The number of likely N-dealkylation sites (tertiary alicyclic amines) is 1. The summed E-state index contributed by atoms with van der Waals surface area (Å²) in [6, 6.07) is 0.179. The Labute approximate surface area is 104 Å². The second-order valence-corrected chi connectivity index (χ2v) is 5.07. The van der Waals surface area contributed by atoms with Crippen LogP contribution in [-0.2, 0) is 4.79 Å². The summed E-state index contributed by atoms with van der Waals surface area (Å²) in [4.78, 5) is 14.0. The van der Waals surface area contributed by atoms with Crippen molar-refractivity contribution in [3.05, 3.63) is 0 Å². The summed E-state index contributed by atoms with van der Waals surface area (Å²) >= 11 is 0. The van der Waals surface area contributed by atoms with E-state index in [4.69, 9.17) is 5.73 Å². The molecule has 1 amide bonds. The molecule has 1 saturated heterocycles. The van der Waals surface area contributed by atoms with Crippen molar-refractivity contribution in [2.75, 3.05) is 6.54 Å². The van der Waals surface area contributed by atoms with Crippen LogP contribution in [0.15, 0.2) is 0 Å². The average Bonchev–Trinajstić information content (AvgIpc) is 2.86. The van der Waals surface area contributed by atoms with Gasteiger partial charge in [-0.05, 0) is 38.5 Å². The fourth-order valence-corrected chi connectivity index (χ4v) is 3.16. The van der Waals surface area contributed by atoms with Crippen molar-refractivity contribution in [2.24, 2.45) is 11.7 Å². The van der Waals surface area contributed by atoms with Crippen LogP contribution < -0.4 is 5.73 Å². The van der Waals surface area contributed by atoms with Gasteiger partial charge >= 0.3 is 0 Å². The second-order valence-electron chi connectivity index (χ2n) is 5.07. The van der Waals surface area contributed by atoms with Crippen LogP contribution in [0.1, 0.15) is 45.4 Å². The molecule has 1 saturated carbocycles. The van der Waals surface area contributed by atoms with Crippen molar-refractivity contribution < 1.29 is 4.79 Å². The van der Waals surface area contributed by atoms with Crippen molar-refractivity contribution in [1.29, 1.82) is 0 Å². The van der Waals surface area contributed by atoms with Gasteiger partial charge in [0.25, 0.3) is 0 Å². The molecule has 0 aromatic heterocycles. The first-order valence-electron chi connectivity index (χ1n) is 6.26. The van der Waals surface area contributed by atoms with Gasteiger partial charge in [-0.25, -0.2) is 0 Å². The summed E-state index contributed by atoms with van der Waals surface area (Å²) in [5, 5.41) is 0. The highest BCUT2D eigenvalue weighted by Gasteiger charge is 2.36. The molecule has 2 rings (SSSR count). The fourth-order valence-electron chi connectivity index (χ4n) is 3.16.